The highest BCUT2D eigenvalue weighted by atomic mass is 16.5. The van der Waals surface area contributed by atoms with Crippen LogP contribution in [-0.4, -0.2) is 68.9 Å². The van der Waals surface area contributed by atoms with Gasteiger partial charge in [0.2, 0.25) is 11.7 Å². The van der Waals surface area contributed by atoms with Crippen molar-refractivity contribution >= 4 is 11.8 Å². The number of aliphatic hydroxyl groups is 1. The molecule has 2 aliphatic heterocycles. The lowest BCUT2D eigenvalue weighted by Crippen LogP contribution is -2.62. The number of hydrogen-bond acceptors (Lipinski definition) is 6. The molecule has 27 heavy (non-hydrogen) atoms. The smallest absolute Gasteiger partial charge is 0.254 e. The van der Waals surface area contributed by atoms with Crippen molar-refractivity contribution in [2.24, 2.45) is 5.41 Å². The Hall–Kier alpha value is -2.48. The molecular weight excluding hydrogens is 352 g/mol. The molecule has 0 aromatic heterocycles. The Kier molecular flexibility index (Phi) is 5.46. The molecule has 1 aromatic rings. The number of hydrogen-bond donors (Lipinski definition) is 2. The molecule has 2 atom stereocenters. The number of carbonyl (C=O) groups excluding carboxylic acids is 2. The van der Waals surface area contributed by atoms with Gasteiger partial charge in [-0.3, -0.25) is 9.59 Å². The van der Waals surface area contributed by atoms with Crippen LogP contribution in [0, 0.1) is 5.41 Å². The Morgan fingerprint density at radius 3 is 2.44 bits per heavy atom. The molecule has 2 heterocycles. The molecule has 2 aliphatic rings. The first kappa shape index (κ1) is 19.3. The van der Waals surface area contributed by atoms with Crippen LogP contribution in [0.15, 0.2) is 12.1 Å². The minimum atomic E-state index is -0.938. The average molecular weight is 378 g/mol. The van der Waals surface area contributed by atoms with Crippen molar-refractivity contribution in [3.05, 3.63) is 17.7 Å². The Balaban J connectivity index is 1.90. The maximum atomic E-state index is 13.1. The first-order valence-electron chi connectivity index (χ1n) is 9.02. The summed E-state index contributed by atoms with van der Waals surface area (Å²) in [7, 11) is 4.48. The van der Waals surface area contributed by atoms with E-state index in [2.05, 4.69) is 5.32 Å². The summed E-state index contributed by atoms with van der Waals surface area (Å²) in [5, 5.41) is 13.3. The SMILES string of the molecule is COc1cc(C(=O)N2CC[C@H](O)[C@@]3(CCCNC3=O)C2)cc(OC)c1OC. The van der Waals surface area contributed by atoms with Crippen LogP contribution < -0.4 is 19.5 Å². The van der Waals surface area contributed by atoms with Crippen LogP contribution in [0.1, 0.15) is 29.6 Å². The van der Waals surface area contributed by atoms with E-state index in [1.54, 1.807) is 17.0 Å². The van der Waals surface area contributed by atoms with E-state index in [1.807, 2.05) is 0 Å². The van der Waals surface area contributed by atoms with Gasteiger partial charge in [0.25, 0.3) is 5.91 Å². The summed E-state index contributed by atoms with van der Waals surface area (Å²) in [5.74, 6) is 0.779. The molecule has 0 aliphatic carbocycles. The second-order valence-electron chi connectivity index (χ2n) is 6.96. The normalized spacial score (nSPS) is 25.1. The first-order chi connectivity index (χ1) is 13.0. The lowest BCUT2D eigenvalue weighted by atomic mass is 9.71. The van der Waals surface area contributed by atoms with Gasteiger partial charge in [0, 0.05) is 25.2 Å². The lowest BCUT2D eigenvalue weighted by molar-refractivity contribution is -0.147. The highest BCUT2D eigenvalue weighted by Gasteiger charge is 2.50. The fourth-order valence-electron chi connectivity index (χ4n) is 4.00. The van der Waals surface area contributed by atoms with Gasteiger partial charge in [-0.15, -0.1) is 0 Å². The molecule has 8 heteroatoms. The molecule has 2 amide bonds. The maximum Gasteiger partial charge on any atom is 0.254 e. The lowest BCUT2D eigenvalue weighted by Gasteiger charge is -2.46. The molecule has 2 N–H and O–H groups in total. The third kappa shape index (κ3) is 3.29. The zero-order valence-corrected chi connectivity index (χ0v) is 15.9. The summed E-state index contributed by atoms with van der Waals surface area (Å²) in [6.07, 6.45) is 0.972. The number of amides is 2. The summed E-state index contributed by atoms with van der Waals surface area (Å²) < 4.78 is 15.9. The number of methoxy groups -OCH3 is 3. The van der Waals surface area contributed by atoms with Gasteiger partial charge in [-0.05, 0) is 31.4 Å². The van der Waals surface area contributed by atoms with Gasteiger partial charge >= 0.3 is 0 Å². The van der Waals surface area contributed by atoms with E-state index >= 15 is 0 Å². The largest absolute Gasteiger partial charge is 0.493 e. The molecule has 1 spiro atoms. The van der Waals surface area contributed by atoms with Crippen molar-refractivity contribution < 1.29 is 28.9 Å². The second-order valence-corrected chi connectivity index (χ2v) is 6.96. The number of carbonyl (C=O) groups is 2. The van der Waals surface area contributed by atoms with Gasteiger partial charge in [-0.1, -0.05) is 0 Å². The molecular formula is C19H26N2O6. The molecule has 1 aromatic carbocycles. The van der Waals surface area contributed by atoms with Gasteiger partial charge in [0.05, 0.1) is 32.8 Å². The predicted molar refractivity (Wildman–Crippen MR) is 97.3 cm³/mol. The zero-order valence-electron chi connectivity index (χ0n) is 15.9. The fraction of sp³-hybridized carbons (Fsp3) is 0.579. The number of rotatable bonds is 4. The van der Waals surface area contributed by atoms with Gasteiger partial charge in [-0.25, -0.2) is 0 Å². The molecule has 2 saturated heterocycles. The van der Waals surface area contributed by atoms with Crippen molar-refractivity contribution in [1.29, 1.82) is 0 Å². The molecule has 8 nitrogen and oxygen atoms in total. The number of ether oxygens (including phenoxy) is 3. The molecule has 0 saturated carbocycles. The van der Waals surface area contributed by atoms with Crippen molar-refractivity contribution in [3.63, 3.8) is 0 Å². The minimum Gasteiger partial charge on any atom is -0.493 e. The molecule has 3 rings (SSSR count). The van der Waals surface area contributed by atoms with Crippen LogP contribution in [0.3, 0.4) is 0 Å². The zero-order chi connectivity index (χ0) is 19.6. The number of nitrogens with one attached hydrogen (secondary N) is 1. The van der Waals surface area contributed by atoms with E-state index in [9.17, 15) is 14.7 Å². The molecule has 2 fully saturated rings. The van der Waals surface area contributed by atoms with E-state index in [4.69, 9.17) is 14.2 Å². The maximum absolute atomic E-state index is 13.1. The highest BCUT2D eigenvalue weighted by Crippen LogP contribution is 2.40. The van der Waals surface area contributed by atoms with Crippen molar-refractivity contribution in [1.82, 2.24) is 10.2 Å². The van der Waals surface area contributed by atoms with Gasteiger partial charge in [0.15, 0.2) is 11.5 Å². The highest BCUT2D eigenvalue weighted by molar-refractivity contribution is 5.96. The number of nitrogens with zero attached hydrogens (tertiary/aromatic N) is 1. The van der Waals surface area contributed by atoms with Gasteiger partial charge in [-0.2, -0.15) is 0 Å². The Labute approximate surface area is 158 Å². The first-order valence-corrected chi connectivity index (χ1v) is 9.02. The summed E-state index contributed by atoms with van der Waals surface area (Å²) in [6.45, 7) is 1.18. The van der Waals surface area contributed by atoms with Crippen LogP contribution >= 0.6 is 0 Å². The monoisotopic (exact) mass is 378 g/mol. The van der Waals surface area contributed by atoms with E-state index in [0.717, 1.165) is 6.42 Å². The Bertz CT molecular complexity index is 712. The summed E-state index contributed by atoms with van der Waals surface area (Å²) >= 11 is 0. The standard InChI is InChI=1S/C19H26N2O6/c1-25-13-9-12(10-14(26-2)16(13)27-3)17(23)21-8-5-15(22)19(11-21)6-4-7-20-18(19)24/h9-10,15,22H,4-8,11H2,1-3H3,(H,20,24)/t15-,19+/m0/s1. The quantitative estimate of drug-likeness (QED) is 0.805. The molecule has 0 bridgehead atoms. The number of piperidine rings is 2. The van der Waals surface area contributed by atoms with Crippen LogP contribution in [-0.2, 0) is 4.79 Å². The second kappa shape index (κ2) is 7.64. The van der Waals surface area contributed by atoms with Crippen LogP contribution in [0.25, 0.3) is 0 Å². The van der Waals surface area contributed by atoms with Crippen LogP contribution in [0.4, 0.5) is 0 Å². The van der Waals surface area contributed by atoms with E-state index in [-0.39, 0.29) is 18.4 Å². The van der Waals surface area contributed by atoms with Crippen LogP contribution in [0.5, 0.6) is 17.2 Å². The Morgan fingerprint density at radius 1 is 1.22 bits per heavy atom. The third-order valence-corrected chi connectivity index (χ3v) is 5.52. The minimum absolute atomic E-state index is 0.177. The van der Waals surface area contributed by atoms with E-state index in [1.165, 1.54) is 21.3 Å². The molecule has 0 unspecified atom stereocenters. The van der Waals surface area contributed by atoms with Gasteiger partial charge in [0.1, 0.15) is 0 Å². The number of benzene rings is 1. The van der Waals surface area contributed by atoms with Crippen molar-refractivity contribution in [3.8, 4) is 17.2 Å². The summed E-state index contributed by atoms with van der Waals surface area (Å²) in [6, 6.07) is 3.20. The Morgan fingerprint density at radius 2 is 1.89 bits per heavy atom. The van der Waals surface area contributed by atoms with Crippen molar-refractivity contribution in [2.75, 3.05) is 41.0 Å². The molecule has 0 radical (unpaired) electrons. The fourth-order valence-corrected chi connectivity index (χ4v) is 4.00. The van der Waals surface area contributed by atoms with Gasteiger partial charge < -0.3 is 29.5 Å². The summed E-state index contributed by atoms with van der Waals surface area (Å²) in [5.41, 5.74) is -0.556. The number of likely N-dealkylation sites (tertiary alicyclic amines) is 1. The topological polar surface area (TPSA) is 97.3 Å². The average Bonchev–Trinajstić information content (AvgIpc) is 2.70. The predicted octanol–water partition coefficient (Wildman–Crippen LogP) is 0.816. The number of aliphatic hydroxyl groups excluding tert-OH is 1. The van der Waals surface area contributed by atoms with Crippen LogP contribution in [0.2, 0.25) is 0 Å². The third-order valence-electron chi connectivity index (χ3n) is 5.52. The van der Waals surface area contributed by atoms with E-state index in [0.29, 0.717) is 48.7 Å². The summed E-state index contributed by atoms with van der Waals surface area (Å²) in [4.78, 5) is 27.3. The van der Waals surface area contributed by atoms with E-state index < -0.39 is 11.5 Å². The molecule has 148 valence electrons. The van der Waals surface area contributed by atoms with Crippen molar-refractivity contribution in [2.45, 2.75) is 25.4 Å².